The molecule has 0 aromatic heterocycles. The van der Waals surface area contributed by atoms with Crippen LogP contribution in [-0.4, -0.2) is 24.5 Å². The summed E-state index contributed by atoms with van der Waals surface area (Å²) in [5, 5.41) is 0. The largest absolute Gasteiger partial charge is 0.300 e. The highest BCUT2D eigenvalue weighted by molar-refractivity contribution is 4.81. The Hall–Kier alpha value is -0.300. The van der Waals surface area contributed by atoms with Crippen LogP contribution in [0.5, 0.6) is 0 Å². The zero-order valence-corrected chi connectivity index (χ0v) is 11.1. The van der Waals surface area contributed by atoms with Crippen molar-refractivity contribution >= 4 is 0 Å². The predicted octanol–water partition coefficient (Wildman–Crippen LogP) is 4.39. The normalized spacial score (nSPS) is 22.8. The van der Waals surface area contributed by atoms with Crippen molar-refractivity contribution in [2.45, 2.75) is 64.7 Å². The Morgan fingerprint density at radius 3 is 1.62 bits per heavy atom. The summed E-state index contributed by atoms with van der Waals surface area (Å²) in [5.41, 5.74) is 0. The highest BCUT2D eigenvalue weighted by Crippen LogP contribution is 2.12. The van der Waals surface area contributed by atoms with E-state index in [-0.39, 0.29) is 0 Å². The first kappa shape index (κ1) is 13.8. The Morgan fingerprint density at radius 2 is 1.19 bits per heavy atom. The van der Waals surface area contributed by atoms with Crippen LogP contribution in [0.25, 0.3) is 0 Å². The highest BCUT2D eigenvalue weighted by Gasteiger charge is 2.03. The van der Waals surface area contributed by atoms with Gasteiger partial charge in [-0.2, -0.15) is 0 Å². The van der Waals surface area contributed by atoms with Gasteiger partial charge in [0.15, 0.2) is 0 Å². The van der Waals surface area contributed by atoms with Crippen LogP contribution in [0.1, 0.15) is 64.7 Å². The average molecular weight is 223 g/mol. The molecule has 1 nitrogen and oxygen atoms in total. The Labute approximate surface area is 102 Å². The molecule has 16 heavy (non-hydrogen) atoms. The fraction of sp³-hybridized carbons (Fsp3) is 0.867. The summed E-state index contributed by atoms with van der Waals surface area (Å²) >= 11 is 0. The van der Waals surface area contributed by atoms with Gasteiger partial charge in [0.1, 0.15) is 0 Å². The molecule has 1 saturated heterocycles. The lowest BCUT2D eigenvalue weighted by Crippen LogP contribution is -2.26. The SMILES string of the molecule is CC=CCN1CCCCCCCCCCC1. The van der Waals surface area contributed by atoms with E-state index in [2.05, 4.69) is 24.0 Å². The molecule has 0 amide bonds. The molecule has 1 heteroatoms. The van der Waals surface area contributed by atoms with Crippen molar-refractivity contribution in [3.63, 3.8) is 0 Å². The van der Waals surface area contributed by atoms with E-state index in [1.165, 1.54) is 70.9 Å². The molecule has 1 heterocycles. The van der Waals surface area contributed by atoms with Crippen molar-refractivity contribution in [3.05, 3.63) is 12.2 Å². The van der Waals surface area contributed by atoms with Crippen LogP contribution in [0, 0.1) is 0 Å². The topological polar surface area (TPSA) is 3.24 Å². The van der Waals surface area contributed by atoms with Gasteiger partial charge in [0.25, 0.3) is 0 Å². The van der Waals surface area contributed by atoms with Crippen LogP contribution in [0.2, 0.25) is 0 Å². The summed E-state index contributed by atoms with van der Waals surface area (Å²) in [5.74, 6) is 0. The second kappa shape index (κ2) is 9.89. The average Bonchev–Trinajstić information content (AvgIpc) is 2.28. The van der Waals surface area contributed by atoms with Gasteiger partial charge in [-0.3, -0.25) is 4.90 Å². The maximum atomic E-state index is 2.63. The van der Waals surface area contributed by atoms with Crippen LogP contribution in [-0.2, 0) is 0 Å². The Balaban J connectivity index is 2.24. The summed E-state index contributed by atoms with van der Waals surface area (Å²) in [6.07, 6.45) is 17.5. The molecule has 0 saturated carbocycles. The maximum absolute atomic E-state index is 2.63. The standard InChI is InChI=1S/C15H29N/c1-2-3-13-16-14-11-9-7-5-4-6-8-10-12-15-16/h2-3H,4-15H2,1H3. The lowest BCUT2D eigenvalue weighted by Gasteiger charge is -2.21. The zero-order valence-electron chi connectivity index (χ0n) is 11.1. The summed E-state index contributed by atoms with van der Waals surface area (Å²) < 4.78 is 0. The van der Waals surface area contributed by atoms with Gasteiger partial charge < -0.3 is 0 Å². The molecular weight excluding hydrogens is 194 g/mol. The molecule has 0 aromatic rings. The molecule has 0 N–H and O–H groups in total. The van der Waals surface area contributed by atoms with E-state index >= 15 is 0 Å². The second-order valence-electron chi connectivity index (χ2n) is 5.05. The van der Waals surface area contributed by atoms with Gasteiger partial charge in [-0.1, -0.05) is 57.1 Å². The van der Waals surface area contributed by atoms with E-state index in [1.807, 2.05) is 0 Å². The van der Waals surface area contributed by atoms with Gasteiger partial charge in [0.05, 0.1) is 0 Å². The first-order valence-corrected chi connectivity index (χ1v) is 7.27. The van der Waals surface area contributed by atoms with Gasteiger partial charge >= 0.3 is 0 Å². The molecule has 94 valence electrons. The number of hydrogen-bond donors (Lipinski definition) is 0. The first-order valence-electron chi connectivity index (χ1n) is 7.27. The van der Waals surface area contributed by atoms with Crippen LogP contribution in [0.3, 0.4) is 0 Å². The monoisotopic (exact) mass is 223 g/mol. The molecule has 1 fully saturated rings. The Kier molecular flexibility index (Phi) is 8.51. The highest BCUT2D eigenvalue weighted by atomic mass is 15.1. The van der Waals surface area contributed by atoms with Gasteiger partial charge in [0.2, 0.25) is 0 Å². The predicted molar refractivity (Wildman–Crippen MR) is 72.8 cm³/mol. The number of nitrogens with zero attached hydrogens (tertiary/aromatic N) is 1. The van der Waals surface area contributed by atoms with Crippen LogP contribution in [0.15, 0.2) is 12.2 Å². The maximum Gasteiger partial charge on any atom is 0.0163 e. The molecule has 0 aliphatic carbocycles. The lowest BCUT2D eigenvalue weighted by molar-refractivity contribution is 0.283. The molecule has 0 aromatic carbocycles. The second-order valence-corrected chi connectivity index (χ2v) is 5.05. The van der Waals surface area contributed by atoms with Crippen molar-refractivity contribution in [2.24, 2.45) is 0 Å². The summed E-state index contributed by atoms with van der Waals surface area (Å²) in [4.78, 5) is 2.63. The summed E-state index contributed by atoms with van der Waals surface area (Å²) in [6, 6.07) is 0. The smallest absolute Gasteiger partial charge is 0.0163 e. The fourth-order valence-corrected chi connectivity index (χ4v) is 2.46. The van der Waals surface area contributed by atoms with Gasteiger partial charge in [0, 0.05) is 6.54 Å². The van der Waals surface area contributed by atoms with Crippen molar-refractivity contribution < 1.29 is 0 Å². The van der Waals surface area contributed by atoms with Crippen molar-refractivity contribution in [2.75, 3.05) is 19.6 Å². The molecular formula is C15H29N. The van der Waals surface area contributed by atoms with E-state index < -0.39 is 0 Å². The first-order chi connectivity index (χ1) is 7.93. The molecule has 0 unspecified atom stereocenters. The van der Waals surface area contributed by atoms with E-state index in [1.54, 1.807) is 0 Å². The third-order valence-electron chi connectivity index (χ3n) is 3.55. The lowest BCUT2D eigenvalue weighted by atomic mass is 10.1. The minimum absolute atomic E-state index is 1.16. The third-order valence-corrected chi connectivity index (χ3v) is 3.55. The quantitative estimate of drug-likeness (QED) is 0.628. The number of rotatable bonds is 2. The van der Waals surface area contributed by atoms with Crippen LogP contribution < -0.4 is 0 Å². The van der Waals surface area contributed by atoms with E-state index in [9.17, 15) is 0 Å². The van der Waals surface area contributed by atoms with Crippen molar-refractivity contribution in [3.8, 4) is 0 Å². The molecule has 0 atom stereocenters. The summed E-state index contributed by atoms with van der Waals surface area (Å²) in [6.45, 7) is 5.90. The van der Waals surface area contributed by atoms with Crippen LogP contribution in [0.4, 0.5) is 0 Å². The van der Waals surface area contributed by atoms with Crippen LogP contribution >= 0.6 is 0 Å². The van der Waals surface area contributed by atoms with E-state index in [0.29, 0.717) is 0 Å². The molecule has 0 radical (unpaired) electrons. The number of allylic oxidation sites excluding steroid dienone is 1. The molecule has 1 rings (SSSR count). The molecule has 1 aliphatic rings. The minimum Gasteiger partial charge on any atom is -0.300 e. The number of hydrogen-bond acceptors (Lipinski definition) is 1. The minimum atomic E-state index is 1.16. The van der Waals surface area contributed by atoms with Crippen molar-refractivity contribution in [1.29, 1.82) is 0 Å². The van der Waals surface area contributed by atoms with E-state index in [4.69, 9.17) is 0 Å². The van der Waals surface area contributed by atoms with Gasteiger partial charge in [-0.25, -0.2) is 0 Å². The third kappa shape index (κ3) is 7.05. The summed E-state index contributed by atoms with van der Waals surface area (Å²) in [7, 11) is 0. The Morgan fingerprint density at radius 1 is 0.750 bits per heavy atom. The molecule has 0 bridgehead atoms. The molecule has 1 aliphatic heterocycles. The molecule has 0 spiro atoms. The van der Waals surface area contributed by atoms with E-state index in [0.717, 1.165) is 6.54 Å². The zero-order chi connectivity index (χ0) is 11.5. The Bertz CT molecular complexity index is 162. The van der Waals surface area contributed by atoms with Crippen molar-refractivity contribution in [1.82, 2.24) is 4.90 Å². The van der Waals surface area contributed by atoms with Gasteiger partial charge in [-0.15, -0.1) is 0 Å². The fourth-order valence-electron chi connectivity index (χ4n) is 2.46. The van der Waals surface area contributed by atoms with Gasteiger partial charge in [-0.05, 0) is 32.9 Å².